The van der Waals surface area contributed by atoms with Gasteiger partial charge < -0.3 is 0 Å². The molecule has 1 unspecified atom stereocenters. The summed E-state index contributed by atoms with van der Waals surface area (Å²) in [6, 6.07) is 0. The summed E-state index contributed by atoms with van der Waals surface area (Å²) in [6.07, 6.45) is 5.12. The van der Waals surface area contributed by atoms with Crippen LogP contribution >= 0.6 is 27.7 Å². The van der Waals surface area contributed by atoms with Gasteiger partial charge in [0.1, 0.15) is 5.69 Å². The number of aromatic nitrogens is 2. The molecule has 0 N–H and O–H groups in total. The predicted molar refractivity (Wildman–Crippen MR) is 70.0 cm³/mol. The number of ketones is 1. The van der Waals surface area contributed by atoms with Crippen LogP contribution in [-0.2, 0) is 6.54 Å². The maximum atomic E-state index is 12.3. The Morgan fingerprint density at radius 1 is 1.69 bits per heavy atom. The average Bonchev–Trinajstić information content (AvgIpc) is 2.70. The molecule has 0 bridgehead atoms. The SMILES string of the molecule is CCn1ncc(Br)c1C(=O)C1CCCCS1. The molecular weight excluding hydrogens is 288 g/mol. The Morgan fingerprint density at radius 3 is 3.12 bits per heavy atom. The van der Waals surface area contributed by atoms with Crippen LogP contribution in [0.15, 0.2) is 10.7 Å². The highest BCUT2D eigenvalue weighted by atomic mass is 79.9. The number of rotatable bonds is 3. The molecule has 2 rings (SSSR count). The number of thioether (sulfide) groups is 1. The number of hydrogen-bond acceptors (Lipinski definition) is 3. The molecule has 1 aliphatic heterocycles. The monoisotopic (exact) mass is 302 g/mol. The van der Waals surface area contributed by atoms with Crippen molar-refractivity contribution in [2.75, 3.05) is 5.75 Å². The molecule has 3 nitrogen and oxygen atoms in total. The highest BCUT2D eigenvalue weighted by Crippen LogP contribution is 2.30. The van der Waals surface area contributed by atoms with Crippen LogP contribution in [0, 0.1) is 0 Å². The van der Waals surface area contributed by atoms with Crippen molar-refractivity contribution in [3.63, 3.8) is 0 Å². The van der Waals surface area contributed by atoms with E-state index in [1.165, 1.54) is 12.8 Å². The molecule has 0 saturated carbocycles. The Balaban J connectivity index is 2.21. The van der Waals surface area contributed by atoms with Crippen molar-refractivity contribution in [3.8, 4) is 0 Å². The van der Waals surface area contributed by atoms with Crippen molar-refractivity contribution in [2.45, 2.75) is 38.0 Å². The summed E-state index contributed by atoms with van der Waals surface area (Å²) in [5, 5.41) is 4.32. The largest absolute Gasteiger partial charge is 0.291 e. The van der Waals surface area contributed by atoms with E-state index in [1.807, 2.05) is 6.92 Å². The summed E-state index contributed by atoms with van der Waals surface area (Å²) in [5.41, 5.74) is 0.738. The molecule has 5 heteroatoms. The molecule has 16 heavy (non-hydrogen) atoms. The van der Waals surface area contributed by atoms with Crippen LogP contribution in [0.4, 0.5) is 0 Å². The van der Waals surface area contributed by atoms with Gasteiger partial charge in [0, 0.05) is 6.54 Å². The number of carbonyl (C=O) groups is 1. The number of hydrogen-bond donors (Lipinski definition) is 0. The Bertz CT molecular complexity index is 385. The zero-order valence-electron chi connectivity index (χ0n) is 9.28. The molecule has 1 aromatic heterocycles. The number of carbonyl (C=O) groups excluding carboxylic acids is 1. The molecule has 2 heterocycles. The lowest BCUT2D eigenvalue weighted by Gasteiger charge is -2.20. The van der Waals surface area contributed by atoms with Crippen LogP contribution in [0.25, 0.3) is 0 Å². The van der Waals surface area contributed by atoms with Gasteiger partial charge >= 0.3 is 0 Å². The van der Waals surface area contributed by atoms with Crippen LogP contribution < -0.4 is 0 Å². The van der Waals surface area contributed by atoms with Gasteiger partial charge in [-0.05, 0) is 41.4 Å². The predicted octanol–water partition coefficient (Wildman–Crippen LogP) is 3.13. The van der Waals surface area contributed by atoms with Crippen molar-refractivity contribution >= 4 is 33.5 Å². The fourth-order valence-corrected chi connectivity index (χ4v) is 3.69. The summed E-state index contributed by atoms with van der Waals surface area (Å²) in [7, 11) is 0. The first kappa shape index (κ1) is 12.2. The second kappa shape index (κ2) is 5.36. The Kier molecular flexibility index (Phi) is 4.08. The fraction of sp³-hybridized carbons (Fsp3) is 0.636. The Labute approximate surface area is 108 Å². The van der Waals surface area contributed by atoms with Gasteiger partial charge in [-0.3, -0.25) is 9.48 Å². The average molecular weight is 303 g/mol. The number of Topliss-reactive ketones (excluding diaryl/α,β-unsaturated/α-hetero) is 1. The molecule has 0 radical (unpaired) electrons. The van der Waals surface area contributed by atoms with Crippen LogP contribution in [0.2, 0.25) is 0 Å². The smallest absolute Gasteiger partial charge is 0.194 e. The van der Waals surface area contributed by atoms with Crippen molar-refractivity contribution in [1.82, 2.24) is 9.78 Å². The first-order valence-electron chi connectivity index (χ1n) is 5.61. The minimum absolute atomic E-state index is 0.132. The molecule has 1 fully saturated rings. The van der Waals surface area contributed by atoms with Crippen LogP contribution in [-0.4, -0.2) is 26.6 Å². The van der Waals surface area contributed by atoms with Gasteiger partial charge in [0.05, 0.1) is 15.9 Å². The van der Waals surface area contributed by atoms with Gasteiger partial charge in [0.25, 0.3) is 0 Å². The molecule has 88 valence electrons. The van der Waals surface area contributed by atoms with Gasteiger partial charge in [-0.15, -0.1) is 0 Å². The molecule has 1 aromatic rings. The third-order valence-corrected chi connectivity index (χ3v) is 4.76. The van der Waals surface area contributed by atoms with Crippen molar-refractivity contribution < 1.29 is 4.79 Å². The molecule has 1 aliphatic rings. The van der Waals surface area contributed by atoms with Gasteiger partial charge in [0.15, 0.2) is 5.78 Å². The standard InChI is InChI=1S/C11H15BrN2OS/c1-2-14-10(8(12)7-13-14)11(15)9-5-3-4-6-16-9/h7,9H,2-6H2,1H3. The van der Waals surface area contributed by atoms with Gasteiger partial charge in [-0.25, -0.2) is 0 Å². The molecule has 0 aromatic carbocycles. The highest BCUT2D eigenvalue weighted by molar-refractivity contribution is 9.10. The summed E-state index contributed by atoms with van der Waals surface area (Å²) >= 11 is 5.20. The summed E-state index contributed by atoms with van der Waals surface area (Å²) < 4.78 is 2.60. The van der Waals surface area contributed by atoms with Gasteiger partial charge in [0.2, 0.25) is 0 Å². The highest BCUT2D eigenvalue weighted by Gasteiger charge is 2.27. The zero-order chi connectivity index (χ0) is 11.5. The van der Waals surface area contributed by atoms with E-state index >= 15 is 0 Å². The van der Waals surface area contributed by atoms with E-state index in [-0.39, 0.29) is 11.0 Å². The molecule has 0 spiro atoms. The van der Waals surface area contributed by atoms with E-state index in [1.54, 1.807) is 22.6 Å². The van der Waals surface area contributed by atoms with Crippen molar-refractivity contribution in [3.05, 3.63) is 16.4 Å². The van der Waals surface area contributed by atoms with E-state index in [9.17, 15) is 4.79 Å². The van der Waals surface area contributed by atoms with E-state index < -0.39 is 0 Å². The molecule has 1 saturated heterocycles. The Hall–Kier alpha value is -0.290. The molecule has 1 atom stereocenters. The van der Waals surface area contributed by atoms with Crippen molar-refractivity contribution in [1.29, 1.82) is 0 Å². The third-order valence-electron chi connectivity index (χ3n) is 2.80. The Morgan fingerprint density at radius 2 is 2.50 bits per heavy atom. The number of nitrogens with zero attached hydrogens (tertiary/aromatic N) is 2. The molecule has 0 aliphatic carbocycles. The van der Waals surface area contributed by atoms with E-state index in [4.69, 9.17) is 0 Å². The topological polar surface area (TPSA) is 34.9 Å². The molecule has 0 amide bonds. The second-order valence-corrected chi connectivity index (χ2v) is 6.04. The quantitative estimate of drug-likeness (QED) is 0.805. The summed E-state index contributed by atoms with van der Waals surface area (Å²) in [5.74, 6) is 1.34. The lowest BCUT2D eigenvalue weighted by molar-refractivity contribution is 0.0974. The van der Waals surface area contributed by atoms with Crippen molar-refractivity contribution in [2.24, 2.45) is 0 Å². The first-order valence-corrected chi connectivity index (χ1v) is 7.45. The number of aryl methyl sites for hydroxylation is 1. The maximum Gasteiger partial charge on any atom is 0.194 e. The third kappa shape index (κ3) is 2.35. The minimum Gasteiger partial charge on any atom is -0.291 e. The maximum absolute atomic E-state index is 12.3. The summed E-state index contributed by atoms with van der Waals surface area (Å²) in [6.45, 7) is 2.74. The normalized spacial score (nSPS) is 21.0. The zero-order valence-corrected chi connectivity index (χ0v) is 11.7. The van der Waals surface area contributed by atoms with Crippen LogP contribution in [0.1, 0.15) is 36.7 Å². The van der Waals surface area contributed by atoms with E-state index in [0.717, 1.165) is 28.9 Å². The molecular formula is C11H15BrN2OS. The lowest BCUT2D eigenvalue weighted by atomic mass is 10.1. The van der Waals surface area contributed by atoms with Gasteiger partial charge in [-0.2, -0.15) is 16.9 Å². The fourth-order valence-electron chi connectivity index (χ4n) is 1.95. The second-order valence-electron chi connectivity index (χ2n) is 3.88. The van der Waals surface area contributed by atoms with Crippen LogP contribution in [0.5, 0.6) is 0 Å². The summed E-state index contributed by atoms with van der Waals surface area (Å²) in [4.78, 5) is 12.3. The van der Waals surface area contributed by atoms with Gasteiger partial charge in [-0.1, -0.05) is 6.42 Å². The van der Waals surface area contributed by atoms with Crippen LogP contribution in [0.3, 0.4) is 0 Å². The first-order chi connectivity index (χ1) is 7.74. The van der Waals surface area contributed by atoms with E-state index in [0.29, 0.717) is 0 Å². The minimum atomic E-state index is 0.132. The number of halogens is 1. The lowest BCUT2D eigenvalue weighted by Crippen LogP contribution is -2.24. The van der Waals surface area contributed by atoms with E-state index in [2.05, 4.69) is 21.0 Å².